The van der Waals surface area contributed by atoms with Crippen LogP contribution in [-0.2, 0) is 23.2 Å². The summed E-state index contributed by atoms with van der Waals surface area (Å²) in [7, 11) is 0. The number of carbonyl (C=O) groups excluding carboxylic acids is 1. The van der Waals surface area contributed by atoms with Gasteiger partial charge in [0.2, 0.25) is 5.91 Å². The van der Waals surface area contributed by atoms with Gasteiger partial charge in [-0.15, -0.1) is 0 Å². The average Bonchev–Trinajstić information content (AvgIpc) is 2.89. The lowest BCUT2D eigenvalue weighted by Crippen LogP contribution is -2.38. The van der Waals surface area contributed by atoms with Crippen molar-refractivity contribution in [3.8, 4) is 0 Å². The molecule has 2 nitrogen and oxygen atoms in total. The number of benzene rings is 3. The highest BCUT2D eigenvalue weighted by Gasteiger charge is 2.46. The number of aryl methyl sites for hydroxylation is 3. The summed E-state index contributed by atoms with van der Waals surface area (Å²) in [6.07, 6.45) is 1.72. The lowest BCUT2D eigenvalue weighted by Gasteiger charge is -2.25. The minimum Gasteiger partial charge on any atom is -0.307 e. The molecule has 0 radical (unpaired) electrons. The SMILES string of the molecule is Cc1cc(C)cc(CCC2(C)C(=O)N(Cc3ccccc3)c3ccccc32)c1. The van der Waals surface area contributed by atoms with Crippen LogP contribution in [0.15, 0.2) is 72.8 Å². The number of amides is 1. The molecule has 0 fully saturated rings. The number of hydrogen-bond donors (Lipinski definition) is 0. The zero-order valence-corrected chi connectivity index (χ0v) is 16.9. The largest absolute Gasteiger partial charge is 0.307 e. The van der Waals surface area contributed by atoms with Gasteiger partial charge in [0.05, 0.1) is 12.0 Å². The van der Waals surface area contributed by atoms with Crippen molar-refractivity contribution in [1.82, 2.24) is 0 Å². The van der Waals surface area contributed by atoms with E-state index in [0.29, 0.717) is 6.54 Å². The summed E-state index contributed by atoms with van der Waals surface area (Å²) in [5, 5.41) is 0. The standard InChI is InChI=1S/C26H27NO/c1-19-15-20(2)17-22(16-19)13-14-26(3)23-11-7-8-12-24(23)27(25(26)28)18-21-9-5-4-6-10-21/h4-12,15-17H,13-14,18H2,1-3H3. The van der Waals surface area contributed by atoms with Gasteiger partial charge in [0.25, 0.3) is 0 Å². The molecule has 0 aromatic heterocycles. The summed E-state index contributed by atoms with van der Waals surface area (Å²) in [6.45, 7) is 7.00. The highest BCUT2D eigenvalue weighted by Crippen LogP contribution is 2.45. The molecule has 0 aliphatic carbocycles. The molecule has 0 N–H and O–H groups in total. The van der Waals surface area contributed by atoms with Crippen molar-refractivity contribution in [3.05, 3.63) is 101 Å². The maximum Gasteiger partial charge on any atom is 0.237 e. The van der Waals surface area contributed by atoms with E-state index in [0.717, 1.165) is 29.7 Å². The van der Waals surface area contributed by atoms with Crippen LogP contribution in [0.25, 0.3) is 0 Å². The van der Waals surface area contributed by atoms with Crippen molar-refractivity contribution in [2.75, 3.05) is 4.90 Å². The molecule has 0 spiro atoms. The zero-order chi connectivity index (χ0) is 19.7. The molecule has 0 saturated heterocycles. The number of anilines is 1. The van der Waals surface area contributed by atoms with Crippen LogP contribution in [0.4, 0.5) is 5.69 Å². The second kappa shape index (κ2) is 7.27. The van der Waals surface area contributed by atoms with Crippen molar-refractivity contribution in [2.24, 2.45) is 0 Å². The molecule has 1 atom stereocenters. The van der Waals surface area contributed by atoms with Gasteiger partial charge >= 0.3 is 0 Å². The fraction of sp³-hybridized carbons (Fsp3) is 0.269. The molecule has 1 aliphatic rings. The smallest absolute Gasteiger partial charge is 0.237 e. The molecule has 2 heteroatoms. The third kappa shape index (κ3) is 3.35. The van der Waals surface area contributed by atoms with Crippen LogP contribution in [0.1, 0.15) is 41.2 Å². The van der Waals surface area contributed by atoms with E-state index in [9.17, 15) is 4.79 Å². The summed E-state index contributed by atoms with van der Waals surface area (Å²) in [6, 6.07) is 25.2. The first kappa shape index (κ1) is 18.5. The maximum atomic E-state index is 13.6. The van der Waals surface area contributed by atoms with Crippen molar-refractivity contribution < 1.29 is 4.79 Å². The number of fused-ring (bicyclic) bond motifs is 1. The third-order valence-corrected chi connectivity index (χ3v) is 5.89. The lowest BCUT2D eigenvalue weighted by atomic mass is 9.78. The predicted octanol–water partition coefficient (Wildman–Crippen LogP) is 5.74. The van der Waals surface area contributed by atoms with Gasteiger partial charge < -0.3 is 4.90 Å². The molecule has 0 saturated carbocycles. The third-order valence-electron chi connectivity index (χ3n) is 5.89. The Morgan fingerprint density at radius 1 is 0.821 bits per heavy atom. The van der Waals surface area contributed by atoms with E-state index in [2.05, 4.69) is 63.2 Å². The predicted molar refractivity (Wildman–Crippen MR) is 116 cm³/mol. The first-order chi connectivity index (χ1) is 13.5. The first-order valence-electron chi connectivity index (χ1n) is 10.00. The van der Waals surface area contributed by atoms with Crippen LogP contribution in [0, 0.1) is 13.8 Å². The minimum absolute atomic E-state index is 0.210. The quantitative estimate of drug-likeness (QED) is 0.561. The molecule has 142 valence electrons. The van der Waals surface area contributed by atoms with Gasteiger partial charge in [-0.25, -0.2) is 0 Å². The Hall–Kier alpha value is -2.87. The first-order valence-corrected chi connectivity index (χ1v) is 10.00. The molecule has 1 aliphatic heterocycles. The van der Waals surface area contributed by atoms with Crippen LogP contribution >= 0.6 is 0 Å². The highest BCUT2D eigenvalue weighted by atomic mass is 16.2. The van der Waals surface area contributed by atoms with E-state index < -0.39 is 5.41 Å². The normalized spacial score (nSPS) is 18.4. The Bertz CT molecular complexity index is 988. The van der Waals surface area contributed by atoms with Crippen LogP contribution in [-0.4, -0.2) is 5.91 Å². The molecule has 28 heavy (non-hydrogen) atoms. The van der Waals surface area contributed by atoms with Gasteiger partial charge in [-0.05, 0) is 56.4 Å². The van der Waals surface area contributed by atoms with E-state index in [-0.39, 0.29) is 5.91 Å². The Kier molecular flexibility index (Phi) is 4.80. The van der Waals surface area contributed by atoms with Gasteiger partial charge in [0.1, 0.15) is 0 Å². The molecule has 3 aromatic rings. The summed E-state index contributed by atoms with van der Waals surface area (Å²) in [5.74, 6) is 0.210. The summed E-state index contributed by atoms with van der Waals surface area (Å²) >= 11 is 0. The van der Waals surface area contributed by atoms with Gasteiger partial charge in [-0.2, -0.15) is 0 Å². The number of nitrogens with zero attached hydrogens (tertiary/aromatic N) is 1. The van der Waals surface area contributed by atoms with Crippen molar-refractivity contribution in [1.29, 1.82) is 0 Å². The number of hydrogen-bond acceptors (Lipinski definition) is 1. The van der Waals surface area contributed by atoms with Crippen LogP contribution in [0.3, 0.4) is 0 Å². The second-order valence-corrected chi connectivity index (χ2v) is 8.22. The summed E-state index contributed by atoms with van der Waals surface area (Å²) < 4.78 is 0. The van der Waals surface area contributed by atoms with Crippen LogP contribution in [0.5, 0.6) is 0 Å². The molecule has 3 aromatic carbocycles. The fourth-order valence-electron chi connectivity index (χ4n) is 4.47. The second-order valence-electron chi connectivity index (χ2n) is 8.22. The maximum absolute atomic E-state index is 13.6. The fourth-order valence-corrected chi connectivity index (χ4v) is 4.47. The molecular weight excluding hydrogens is 342 g/mol. The minimum atomic E-state index is -0.483. The molecular formula is C26H27NO. The topological polar surface area (TPSA) is 20.3 Å². The zero-order valence-electron chi connectivity index (χ0n) is 16.9. The average molecular weight is 370 g/mol. The molecule has 4 rings (SSSR count). The van der Waals surface area contributed by atoms with Gasteiger partial charge in [-0.1, -0.05) is 77.9 Å². The molecule has 0 bridgehead atoms. The Balaban J connectivity index is 1.63. The summed E-state index contributed by atoms with van der Waals surface area (Å²) in [5.41, 5.74) is 6.76. The Morgan fingerprint density at radius 2 is 1.46 bits per heavy atom. The van der Waals surface area contributed by atoms with Gasteiger partial charge in [-0.3, -0.25) is 4.79 Å². The van der Waals surface area contributed by atoms with E-state index in [1.165, 1.54) is 16.7 Å². The summed E-state index contributed by atoms with van der Waals surface area (Å²) in [4.78, 5) is 15.5. The number of rotatable bonds is 5. The molecule has 1 unspecified atom stereocenters. The van der Waals surface area contributed by atoms with Gasteiger partial charge in [0, 0.05) is 5.69 Å². The van der Waals surface area contributed by atoms with E-state index in [1.807, 2.05) is 35.2 Å². The number of carbonyl (C=O) groups is 1. The molecule has 1 amide bonds. The van der Waals surface area contributed by atoms with E-state index >= 15 is 0 Å². The number of para-hydroxylation sites is 1. The highest BCUT2D eigenvalue weighted by molar-refractivity contribution is 6.07. The van der Waals surface area contributed by atoms with Crippen LogP contribution in [0.2, 0.25) is 0 Å². The van der Waals surface area contributed by atoms with E-state index in [1.54, 1.807) is 0 Å². The van der Waals surface area contributed by atoms with Gasteiger partial charge in [0.15, 0.2) is 0 Å². The Labute approximate surface area is 167 Å². The Morgan fingerprint density at radius 3 is 2.18 bits per heavy atom. The van der Waals surface area contributed by atoms with Crippen molar-refractivity contribution >= 4 is 11.6 Å². The monoisotopic (exact) mass is 369 g/mol. The lowest BCUT2D eigenvalue weighted by molar-refractivity contribution is -0.123. The van der Waals surface area contributed by atoms with Crippen molar-refractivity contribution in [2.45, 2.75) is 45.6 Å². The van der Waals surface area contributed by atoms with E-state index in [4.69, 9.17) is 0 Å². The molecule has 1 heterocycles. The van der Waals surface area contributed by atoms with Crippen molar-refractivity contribution in [3.63, 3.8) is 0 Å². The van der Waals surface area contributed by atoms with Crippen LogP contribution < -0.4 is 4.90 Å².